The summed E-state index contributed by atoms with van der Waals surface area (Å²) in [6.07, 6.45) is 13.0. The Morgan fingerprint density at radius 2 is 2.15 bits per heavy atom. The van der Waals surface area contributed by atoms with E-state index in [4.69, 9.17) is 9.05 Å². The second-order valence-electron chi connectivity index (χ2n) is 4.67. The Kier molecular flexibility index (Phi) is 5.80. The highest BCUT2D eigenvalue weighted by molar-refractivity contribution is 7.47. The van der Waals surface area contributed by atoms with Gasteiger partial charge in [-0.25, -0.2) is 4.57 Å². The Hall–Kier alpha value is -1.13. The average Bonchev–Trinajstić information content (AvgIpc) is 3.07. The van der Waals surface area contributed by atoms with Gasteiger partial charge in [0.15, 0.2) is 0 Å². The van der Waals surface area contributed by atoms with Crippen molar-refractivity contribution in [1.29, 1.82) is 0 Å². The number of aromatic nitrogens is 1. The van der Waals surface area contributed by atoms with E-state index in [9.17, 15) is 9.46 Å². The zero-order valence-electron chi connectivity index (χ0n) is 11.3. The molecule has 0 fully saturated rings. The standard InChI is InChI=1S/C14H20NO4P/c16-20(17,19-11-8-14-7-9-15-12-14)18-10-3-6-13-4-1-2-5-13/h1-2,4,7,9,12,15H,3,5-6,8,10-11H2,(H,16,17). The normalized spacial score (nSPS) is 17.1. The van der Waals surface area contributed by atoms with E-state index in [0.717, 1.165) is 24.8 Å². The molecule has 0 saturated carbocycles. The third kappa shape index (κ3) is 5.47. The molecular weight excluding hydrogens is 277 g/mol. The molecule has 1 atom stereocenters. The van der Waals surface area contributed by atoms with Gasteiger partial charge in [-0.3, -0.25) is 9.05 Å². The number of phosphoric ester groups is 1. The van der Waals surface area contributed by atoms with Gasteiger partial charge in [0.25, 0.3) is 0 Å². The van der Waals surface area contributed by atoms with Crippen LogP contribution in [0.3, 0.4) is 0 Å². The summed E-state index contributed by atoms with van der Waals surface area (Å²) in [5, 5.41) is 0. The number of aromatic amines is 1. The molecule has 1 aromatic rings. The van der Waals surface area contributed by atoms with Gasteiger partial charge in [0.1, 0.15) is 0 Å². The third-order valence-electron chi connectivity index (χ3n) is 3.05. The lowest BCUT2D eigenvalue weighted by atomic mass is 10.1. The van der Waals surface area contributed by atoms with Crippen LogP contribution in [0.15, 0.2) is 42.3 Å². The van der Waals surface area contributed by atoms with E-state index in [1.54, 1.807) is 6.20 Å². The van der Waals surface area contributed by atoms with Crippen molar-refractivity contribution in [3.8, 4) is 0 Å². The lowest BCUT2D eigenvalue weighted by Crippen LogP contribution is -2.01. The van der Waals surface area contributed by atoms with E-state index in [2.05, 4.69) is 17.1 Å². The molecule has 2 rings (SSSR count). The first-order valence-corrected chi connectivity index (χ1v) is 8.23. The van der Waals surface area contributed by atoms with Crippen LogP contribution in [0.1, 0.15) is 24.8 Å². The van der Waals surface area contributed by atoms with Gasteiger partial charge in [0, 0.05) is 12.4 Å². The molecule has 1 unspecified atom stereocenters. The molecule has 1 aliphatic rings. The van der Waals surface area contributed by atoms with Gasteiger partial charge in [0.05, 0.1) is 13.2 Å². The summed E-state index contributed by atoms with van der Waals surface area (Å²) in [4.78, 5) is 12.4. The molecule has 0 spiro atoms. The maximum absolute atomic E-state index is 11.6. The molecule has 1 aliphatic carbocycles. The Labute approximate surface area is 118 Å². The number of allylic oxidation sites excluding steroid dienone is 4. The fourth-order valence-electron chi connectivity index (χ4n) is 1.99. The van der Waals surface area contributed by atoms with Gasteiger partial charge in [-0.2, -0.15) is 0 Å². The fourth-order valence-corrected chi connectivity index (χ4v) is 2.74. The molecule has 0 amide bonds. The van der Waals surface area contributed by atoms with E-state index in [0.29, 0.717) is 6.42 Å². The van der Waals surface area contributed by atoms with Crippen LogP contribution in [0.4, 0.5) is 0 Å². The van der Waals surface area contributed by atoms with Crippen LogP contribution in [-0.4, -0.2) is 23.1 Å². The van der Waals surface area contributed by atoms with Crippen LogP contribution < -0.4 is 0 Å². The average molecular weight is 297 g/mol. The number of phosphoric acid groups is 1. The summed E-state index contributed by atoms with van der Waals surface area (Å²) >= 11 is 0. The second-order valence-corrected chi connectivity index (χ2v) is 6.12. The van der Waals surface area contributed by atoms with Crippen LogP contribution in [0.5, 0.6) is 0 Å². The van der Waals surface area contributed by atoms with Crippen molar-refractivity contribution in [3.05, 3.63) is 47.8 Å². The topological polar surface area (TPSA) is 71.6 Å². The van der Waals surface area contributed by atoms with E-state index in [1.165, 1.54) is 5.57 Å². The van der Waals surface area contributed by atoms with Gasteiger partial charge in [0.2, 0.25) is 0 Å². The number of rotatable bonds is 9. The zero-order valence-corrected chi connectivity index (χ0v) is 12.2. The first-order valence-electron chi connectivity index (χ1n) is 6.74. The Bertz CT molecular complexity index is 507. The lowest BCUT2D eigenvalue weighted by Gasteiger charge is -2.12. The predicted octanol–water partition coefficient (Wildman–Crippen LogP) is 3.36. The maximum Gasteiger partial charge on any atom is 0.472 e. The van der Waals surface area contributed by atoms with Crippen molar-refractivity contribution < 1.29 is 18.5 Å². The molecule has 0 saturated heterocycles. The number of hydrogen-bond acceptors (Lipinski definition) is 3. The molecule has 1 aromatic heterocycles. The van der Waals surface area contributed by atoms with Crippen molar-refractivity contribution in [2.24, 2.45) is 0 Å². The van der Waals surface area contributed by atoms with Crippen molar-refractivity contribution >= 4 is 7.82 Å². The predicted molar refractivity (Wildman–Crippen MR) is 77.3 cm³/mol. The van der Waals surface area contributed by atoms with Crippen molar-refractivity contribution in [1.82, 2.24) is 4.98 Å². The van der Waals surface area contributed by atoms with Gasteiger partial charge < -0.3 is 9.88 Å². The van der Waals surface area contributed by atoms with Crippen LogP contribution in [0, 0.1) is 0 Å². The largest absolute Gasteiger partial charge is 0.472 e. The third-order valence-corrected chi connectivity index (χ3v) is 4.07. The first kappa shape index (κ1) is 15.3. The maximum atomic E-state index is 11.6. The van der Waals surface area contributed by atoms with Gasteiger partial charge >= 0.3 is 7.82 Å². The molecule has 0 aliphatic heterocycles. The van der Waals surface area contributed by atoms with E-state index in [-0.39, 0.29) is 13.2 Å². The van der Waals surface area contributed by atoms with Crippen molar-refractivity contribution in [2.75, 3.05) is 13.2 Å². The summed E-state index contributed by atoms with van der Waals surface area (Å²) in [5.41, 5.74) is 2.36. The molecule has 6 heteroatoms. The fraction of sp³-hybridized carbons (Fsp3) is 0.429. The Morgan fingerprint density at radius 3 is 2.85 bits per heavy atom. The van der Waals surface area contributed by atoms with E-state index in [1.807, 2.05) is 18.3 Å². The molecule has 0 bridgehead atoms. The minimum atomic E-state index is -3.92. The number of nitrogens with one attached hydrogen (secondary N) is 1. The quantitative estimate of drug-likeness (QED) is 0.541. The second kappa shape index (κ2) is 7.60. The summed E-state index contributed by atoms with van der Waals surface area (Å²) < 4.78 is 21.5. The van der Waals surface area contributed by atoms with Crippen LogP contribution in [-0.2, 0) is 20.0 Å². The molecule has 2 N–H and O–H groups in total. The van der Waals surface area contributed by atoms with Crippen LogP contribution in [0.2, 0.25) is 0 Å². The molecule has 5 nitrogen and oxygen atoms in total. The summed E-state index contributed by atoms with van der Waals surface area (Å²) in [6, 6.07) is 1.90. The first-order chi connectivity index (χ1) is 9.66. The zero-order chi connectivity index (χ0) is 14.3. The van der Waals surface area contributed by atoms with Gasteiger partial charge in [-0.1, -0.05) is 23.8 Å². The molecule has 1 heterocycles. The number of H-pyrrole nitrogens is 1. The molecule has 0 radical (unpaired) electrons. The Balaban J connectivity index is 1.57. The summed E-state index contributed by atoms with van der Waals surface area (Å²) in [5.74, 6) is 0. The monoisotopic (exact) mass is 297 g/mol. The minimum absolute atomic E-state index is 0.167. The smallest absolute Gasteiger partial charge is 0.367 e. The van der Waals surface area contributed by atoms with E-state index >= 15 is 0 Å². The van der Waals surface area contributed by atoms with Gasteiger partial charge in [-0.15, -0.1) is 0 Å². The highest BCUT2D eigenvalue weighted by atomic mass is 31.2. The van der Waals surface area contributed by atoms with Gasteiger partial charge in [-0.05, 0) is 37.3 Å². The van der Waals surface area contributed by atoms with Crippen molar-refractivity contribution in [2.45, 2.75) is 25.7 Å². The SMILES string of the molecule is O=P(O)(OCCCC1=CC=CC1)OCCc1cc[nH]c1. The number of hydrogen-bond donors (Lipinski definition) is 2. The highest BCUT2D eigenvalue weighted by Gasteiger charge is 2.20. The summed E-state index contributed by atoms with van der Waals surface area (Å²) in [6.45, 7) is 0.399. The highest BCUT2D eigenvalue weighted by Crippen LogP contribution is 2.43. The lowest BCUT2D eigenvalue weighted by molar-refractivity contribution is 0.149. The van der Waals surface area contributed by atoms with Crippen LogP contribution >= 0.6 is 7.82 Å². The molecular formula is C14H20NO4P. The van der Waals surface area contributed by atoms with Crippen molar-refractivity contribution in [3.63, 3.8) is 0 Å². The summed E-state index contributed by atoms with van der Waals surface area (Å²) in [7, 11) is -3.92. The Morgan fingerprint density at radius 1 is 1.30 bits per heavy atom. The molecule has 20 heavy (non-hydrogen) atoms. The van der Waals surface area contributed by atoms with Crippen LogP contribution in [0.25, 0.3) is 0 Å². The van der Waals surface area contributed by atoms with E-state index < -0.39 is 7.82 Å². The molecule has 0 aromatic carbocycles. The minimum Gasteiger partial charge on any atom is -0.367 e. The molecule has 110 valence electrons.